The highest BCUT2D eigenvalue weighted by Crippen LogP contribution is 2.33. The first-order valence-electron chi connectivity index (χ1n) is 8.66. The van der Waals surface area contributed by atoms with Crippen LogP contribution in [0.1, 0.15) is 50.2 Å². The number of amides is 1. The summed E-state index contributed by atoms with van der Waals surface area (Å²) in [4.78, 5) is 17.0. The van der Waals surface area contributed by atoms with Crippen LogP contribution in [0.4, 0.5) is 0 Å². The Hall–Kier alpha value is -1.14. The van der Waals surface area contributed by atoms with Gasteiger partial charge in [-0.2, -0.15) is 5.10 Å². The Bertz CT molecular complexity index is 561. The monoisotopic (exact) mass is 339 g/mol. The van der Waals surface area contributed by atoms with Gasteiger partial charge in [0.05, 0.1) is 12.6 Å². The maximum atomic E-state index is 12.6. The molecule has 128 valence electrons. The number of nitrogens with zero attached hydrogens (tertiary/aromatic N) is 3. The summed E-state index contributed by atoms with van der Waals surface area (Å²) in [5, 5.41) is 11.2. The van der Waals surface area contributed by atoms with Crippen molar-refractivity contribution in [3.63, 3.8) is 0 Å². The number of aromatic nitrogens is 3. The van der Waals surface area contributed by atoms with Crippen LogP contribution in [-0.4, -0.2) is 38.8 Å². The van der Waals surface area contributed by atoms with Crippen LogP contribution in [-0.2, 0) is 17.8 Å². The Morgan fingerprint density at radius 1 is 1.30 bits per heavy atom. The minimum Gasteiger partial charge on any atom is -0.350 e. The average Bonchev–Trinajstić information content (AvgIpc) is 3.08. The molecule has 3 heterocycles. The van der Waals surface area contributed by atoms with Gasteiger partial charge in [-0.05, 0) is 38.5 Å². The van der Waals surface area contributed by atoms with Gasteiger partial charge in [-0.25, -0.2) is 9.67 Å². The second-order valence-corrected chi connectivity index (χ2v) is 7.11. The zero-order chi connectivity index (χ0) is 15.1. The summed E-state index contributed by atoms with van der Waals surface area (Å²) in [6, 6.07) is 0.762. The molecule has 4 atom stereocenters. The Morgan fingerprint density at radius 2 is 2.13 bits per heavy atom. The number of carbonyl (C=O) groups is 1. The topological polar surface area (TPSA) is 71.8 Å². The molecule has 3 aliphatic rings. The van der Waals surface area contributed by atoms with Crippen molar-refractivity contribution < 1.29 is 4.79 Å². The number of halogens is 1. The molecule has 23 heavy (non-hydrogen) atoms. The van der Waals surface area contributed by atoms with E-state index < -0.39 is 0 Å². The zero-order valence-electron chi connectivity index (χ0n) is 13.6. The molecule has 0 bridgehead atoms. The first-order chi connectivity index (χ1) is 10.7. The summed E-state index contributed by atoms with van der Waals surface area (Å²) in [6.45, 7) is 2.67. The number of hydrogen-bond acceptors (Lipinski definition) is 4. The van der Waals surface area contributed by atoms with E-state index in [0.717, 1.165) is 37.5 Å². The van der Waals surface area contributed by atoms with E-state index in [1.54, 1.807) is 0 Å². The second-order valence-electron chi connectivity index (χ2n) is 7.11. The van der Waals surface area contributed by atoms with Crippen molar-refractivity contribution in [3.8, 4) is 0 Å². The maximum absolute atomic E-state index is 12.6. The molecule has 0 spiro atoms. The van der Waals surface area contributed by atoms with Crippen molar-refractivity contribution in [1.29, 1.82) is 0 Å². The first kappa shape index (κ1) is 16.7. The fraction of sp³-hybridized carbons (Fsp3) is 0.812. The highest BCUT2D eigenvalue weighted by molar-refractivity contribution is 5.85. The molecule has 0 aromatic carbocycles. The number of nitrogens with one attached hydrogen (secondary N) is 2. The minimum atomic E-state index is 0. The van der Waals surface area contributed by atoms with Gasteiger partial charge < -0.3 is 10.6 Å². The molecular formula is C16H26ClN5O. The van der Waals surface area contributed by atoms with Crippen LogP contribution < -0.4 is 10.6 Å². The van der Waals surface area contributed by atoms with E-state index in [1.165, 1.54) is 25.7 Å². The van der Waals surface area contributed by atoms with Crippen LogP contribution >= 0.6 is 12.4 Å². The van der Waals surface area contributed by atoms with E-state index in [4.69, 9.17) is 0 Å². The van der Waals surface area contributed by atoms with Gasteiger partial charge in [0.15, 0.2) is 0 Å². The average molecular weight is 340 g/mol. The van der Waals surface area contributed by atoms with Crippen LogP contribution in [0.15, 0.2) is 0 Å². The molecule has 1 amide bonds. The molecule has 2 fully saturated rings. The number of rotatable bonds is 2. The fourth-order valence-electron chi connectivity index (χ4n) is 4.37. The minimum absolute atomic E-state index is 0. The van der Waals surface area contributed by atoms with Crippen LogP contribution in [0.2, 0.25) is 0 Å². The third-order valence-corrected chi connectivity index (χ3v) is 5.49. The summed E-state index contributed by atoms with van der Waals surface area (Å²) >= 11 is 0. The lowest BCUT2D eigenvalue weighted by Crippen LogP contribution is -2.49. The Labute approximate surface area is 143 Å². The largest absolute Gasteiger partial charge is 0.350 e. The summed E-state index contributed by atoms with van der Waals surface area (Å²) in [6.07, 6.45) is 8.02. The van der Waals surface area contributed by atoms with Crippen LogP contribution in [0.25, 0.3) is 0 Å². The van der Waals surface area contributed by atoms with Crippen molar-refractivity contribution in [2.75, 3.05) is 0 Å². The third kappa shape index (κ3) is 3.38. The Morgan fingerprint density at radius 3 is 2.96 bits per heavy atom. The van der Waals surface area contributed by atoms with E-state index in [1.807, 2.05) is 11.6 Å². The molecule has 4 rings (SSSR count). The highest BCUT2D eigenvalue weighted by Gasteiger charge is 2.38. The fourth-order valence-corrected chi connectivity index (χ4v) is 4.37. The van der Waals surface area contributed by atoms with E-state index in [2.05, 4.69) is 20.7 Å². The summed E-state index contributed by atoms with van der Waals surface area (Å²) in [5.74, 6) is 2.76. The zero-order valence-corrected chi connectivity index (χ0v) is 14.4. The van der Waals surface area contributed by atoms with Crippen molar-refractivity contribution in [2.45, 2.75) is 76.5 Å². The van der Waals surface area contributed by atoms with Gasteiger partial charge in [0.1, 0.15) is 11.6 Å². The Kier molecular flexibility index (Phi) is 4.92. The van der Waals surface area contributed by atoms with Gasteiger partial charge in [-0.1, -0.05) is 12.8 Å². The van der Waals surface area contributed by atoms with Gasteiger partial charge in [0.25, 0.3) is 0 Å². The quantitative estimate of drug-likeness (QED) is 0.853. The maximum Gasteiger partial charge on any atom is 0.237 e. The van der Waals surface area contributed by atoms with Crippen molar-refractivity contribution >= 4 is 18.3 Å². The molecule has 6 nitrogen and oxygen atoms in total. The molecule has 2 N–H and O–H groups in total. The standard InChI is InChI=1S/C16H25N5O.ClH/c1-10-17-15-7-6-12(9-21(15)20-10)18-16(22)14-8-11-4-2-3-5-13(11)19-14;/h11-14,19H,2-9H2,1H3,(H,18,22);1H. The van der Waals surface area contributed by atoms with Gasteiger partial charge >= 0.3 is 0 Å². The van der Waals surface area contributed by atoms with Gasteiger partial charge in [-0.3, -0.25) is 4.79 Å². The third-order valence-electron chi connectivity index (χ3n) is 5.49. The highest BCUT2D eigenvalue weighted by atomic mass is 35.5. The van der Waals surface area contributed by atoms with Gasteiger partial charge in [0, 0.05) is 18.5 Å². The SMILES string of the molecule is Cc1nc2n(n1)CC(NC(=O)C1CC3CCCCC3N1)CC2.Cl. The summed E-state index contributed by atoms with van der Waals surface area (Å²) in [7, 11) is 0. The molecule has 1 aromatic rings. The second kappa shape index (κ2) is 6.77. The lowest BCUT2D eigenvalue weighted by Gasteiger charge is -2.25. The van der Waals surface area contributed by atoms with E-state index in [-0.39, 0.29) is 30.4 Å². The van der Waals surface area contributed by atoms with Crippen molar-refractivity contribution in [3.05, 3.63) is 11.6 Å². The summed E-state index contributed by atoms with van der Waals surface area (Å²) in [5.41, 5.74) is 0. The van der Waals surface area contributed by atoms with Crippen molar-refractivity contribution in [1.82, 2.24) is 25.4 Å². The van der Waals surface area contributed by atoms with Gasteiger partial charge in [-0.15, -0.1) is 12.4 Å². The molecule has 1 saturated heterocycles. The van der Waals surface area contributed by atoms with Crippen LogP contribution in [0, 0.1) is 12.8 Å². The number of carbonyl (C=O) groups excluding carboxylic acids is 1. The predicted octanol–water partition coefficient (Wildman–Crippen LogP) is 1.36. The van der Waals surface area contributed by atoms with E-state index in [0.29, 0.717) is 12.0 Å². The molecular weight excluding hydrogens is 314 g/mol. The molecule has 0 radical (unpaired) electrons. The lowest BCUT2D eigenvalue weighted by molar-refractivity contribution is -0.123. The summed E-state index contributed by atoms with van der Waals surface area (Å²) < 4.78 is 1.95. The normalized spacial score (nSPS) is 32.6. The van der Waals surface area contributed by atoms with Crippen LogP contribution in [0.3, 0.4) is 0 Å². The predicted molar refractivity (Wildman–Crippen MR) is 89.5 cm³/mol. The van der Waals surface area contributed by atoms with Crippen molar-refractivity contribution in [2.24, 2.45) is 5.92 Å². The van der Waals surface area contributed by atoms with E-state index >= 15 is 0 Å². The molecule has 1 aromatic heterocycles. The molecule has 4 unspecified atom stereocenters. The van der Waals surface area contributed by atoms with Gasteiger partial charge in [0.2, 0.25) is 5.91 Å². The molecule has 1 aliphatic carbocycles. The first-order valence-corrected chi connectivity index (χ1v) is 8.66. The molecule has 1 saturated carbocycles. The number of aryl methyl sites for hydroxylation is 2. The lowest BCUT2D eigenvalue weighted by atomic mass is 9.85. The number of hydrogen-bond donors (Lipinski definition) is 2. The number of fused-ring (bicyclic) bond motifs is 2. The molecule has 7 heteroatoms. The Balaban J connectivity index is 0.00000156. The van der Waals surface area contributed by atoms with Crippen LogP contribution in [0.5, 0.6) is 0 Å². The molecule has 2 aliphatic heterocycles. The smallest absolute Gasteiger partial charge is 0.237 e. The van der Waals surface area contributed by atoms with E-state index in [9.17, 15) is 4.79 Å².